The minimum atomic E-state index is -0.351. The third kappa shape index (κ3) is 3.87. The molecule has 1 aliphatic rings. The van der Waals surface area contributed by atoms with Crippen LogP contribution in [0.15, 0.2) is 46.0 Å². The van der Waals surface area contributed by atoms with Crippen LogP contribution in [0, 0.1) is 0 Å². The van der Waals surface area contributed by atoms with Crippen LogP contribution in [-0.4, -0.2) is 62.3 Å². The summed E-state index contributed by atoms with van der Waals surface area (Å²) in [5.74, 6) is -0.565. The molecule has 4 aromatic rings. The molecule has 1 aliphatic heterocycles. The van der Waals surface area contributed by atoms with Crippen LogP contribution in [-0.2, 0) is 23.1 Å². The molecule has 0 saturated carbocycles. The fourth-order valence-electron chi connectivity index (χ4n) is 3.88. The van der Waals surface area contributed by atoms with Gasteiger partial charge in [-0.2, -0.15) is 5.10 Å². The van der Waals surface area contributed by atoms with E-state index < -0.39 is 0 Å². The van der Waals surface area contributed by atoms with Crippen molar-refractivity contribution in [2.24, 2.45) is 7.05 Å². The van der Waals surface area contributed by atoms with Gasteiger partial charge in [0.2, 0.25) is 11.7 Å². The Morgan fingerprint density at radius 2 is 1.94 bits per heavy atom. The summed E-state index contributed by atoms with van der Waals surface area (Å²) in [6, 6.07) is 7.14. The summed E-state index contributed by atoms with van der Waals surface area (Å²) in [4.78, 5) is 44.4. The lowest BCUT2D eigenvalue weighted by molar-refractivity contribution is -0.116. The van der Waals surface area contributed by atoms with E-state index in [4.69, 9.17) is 9.15 Å². The van der Waals surface area contributed by atoms with Gasteiger partial charge in [-0.3, -0.25) is 23.6 Å². The molecular formula is C22H22N6O5. The van der Waals surface area contributed by atoms with E-state index in [2.05, 4.69) is 15.4 Å². The first-order chi connectivity index (χ1) is 16.0. The molecular weight excluding hydrogens is 428 g/mol. The lowest BCUT2D eigenvalue weighted by atomic mass is 10.2. The second-order valence-electron chi connectivity index (χ2n) is 7.75. The summed E-state index contributed by atoms with van der Waals surface area (Å²) in [5.41, 5.74) is 1.06. The molecule has 1 fully saturated rings. The van der Waals surface area contributed by atoms with Crippen LogP contribution in [0.5, 0.6) is 0 Å². The first-order valence-electron chi connectivity index (χ1n) is 10.6. The van der Waals surface area contributed by atoms with Gasteiger partial charge in [-0.15, -0.1) is 0 Å². The molecule has 0 atom stereocenters. The van der Waals surface area contributed by atoms with Crippen molar-refractivity contribution in [3.05, 3.63) is 52.9 Å². The van der Waals surface area contributed by atoms with Crippen molar-refractivity contribution in [3.63, 3.8) is 0 Å². The van der Waals surface area contributed by atoms with Crippen LogP contribution in [0.1, 0.15) is 17.0 Å². The van der Waals surface area contributed by atoms with Gasteiger partial charge >= 0.3 is 0 Å². The molecule has 0 aliphatic carbocycles. The Labute approximate surface area is 187 Å². The number of para-hydroxylation sites is 1. The van der Waals surface area contributed by atoms with Gasteiger partial charge in [-0.1, -0.05) is 12.1 Å². The molecule has 0 unspecified atom stereocenters. The highest BCUT2D eigenvalue weighted by Crippen LogP contribution is 2.32. The predicted octanol–water partition coefficient (Wildman–Crippen LogP) is 1.38. The van der Waals surface area contributed by atoms with Crippen LogP contribution in [0.25, 0.3) is 22.0 Å². The number of amides is 2. The molecule has 11 nitrogen and oxygen atoms in total. The summed E-state index contributed by atoms with van der Waals surface area (Å²) in [6.07, 6.45) is 2.88. The van der Waals surface area contributed by atoms with E-state index in [1.54, 1.807) is 30.1 Å². The fourth-order valence-corrected chi connectivity index (χ4v) is 3.88. The zero-order valence-electron chi connectivity index (χ0n) is 18.0. The number of carbonyl (C=O) groups excluding carboxylic acids is 2. The van der Waals surface area contributed by atoms with Crippen molar-refractivity contribution >= 4 is 39.5 Å². The lowest BCUT2D eigenvalue weighted by Crippen LogP contribution is -2.40. The number of furan rings is 1. The standard InChI is InChI=1S/C22H22N6O5/c1-26-20-15(12-24-26)21(30)28(13-23-20)7-6-17(29)25-18-14-4-2-3-5-16(14)33-19(18)22(31)27-8-10-32-11-9-27/h2-5,12-13H,6-11H2,1H3,(H,25,29). The first-order valence-corrected chi connectivity index (χ1v) is 10.6. The summed E-state index contributed by atoms with van der Waals surface area (Å²) < 4.78 is 14.0. The number of carbonyl (C=O) groups is 2. The number of benzene rings is 1. The van der Waals surface area contributed by atoms with Crippen molar-refractivity contribution in [2.75, 3.05) is 31.6 Å². The van der Waals surface area contributed by atoms with Crippen LogP contribution >= 0.6 is 0 Å². The molecule has 3 aromatic heterocycles. The number of nitrogens with one attached hydrogen (secondary N) is 1. The first kappa shape index (κ1) is 20.9. The summed E-state index contributed by atoms with van der Waals surface area (Å²) in [6.45, 7) is 1.95. The number of aromatic nitrogens is 4. The molecule has 2 amide bonds. The second kappa shape index (κ2) is 8.51. The number of aryl methyl sites for hydroxylation is 2. The highest BCUT2D eigenvalue weighted by atomic mass is 16.5. The highest BCUT2D eigenvalue weighted by molar-refractivity contribution is 6.10. The minimum absolute atomic E-state index is 0.0120. The lowest BCUT2D eigenvalue weighted by Gasteiger charge is -2.26. The van der Waals surface area contributed by atoms with E-state index in [0.717, 1.165) is 0 Å². The van der Waals surface area contributed by atoms with Gasteiger partial charge in [-0.25, -0.2) is 4.98 Å². The zero-order chi connectivity index (χ0) is 22.9. The number of nitrogens with zero attached hydrogens (tertiary/aromatic N) is 5. The Hall–Kier alpha value is -3.99. The summed E-state index contributed by atoms with van der Waals surface area (Å²) >= 11 is 0. The third-order valence-corrected chi connectivity index (χ3v) is 5.65. The van der Waals surface area contributed by atoms with E-state index >= 15 is 0 Å². The topological polar surface area (TPSA) is 124 Å². The van der Waals surface area contributed by atoms with Crippen LogP contribution < -0.4 is 10.9 Å². The minimum Gasteiger partial charge on any atom is -0.449 e. The molecule has 4 heterocycles. The van der Waals surface area contributed by atoms with Crippen molar-refractivity contribution in [3.8, 4) is 0 Å². The molecule has 11 heteroatoms. The van der Waals surface area contributed by atoms with Gasteiger partial charge in [-0.05, 0) is 12.1 Å². The average molecular weight is 450 g/mol. The second-order valence-corrected chi connectivity index (χ2v) is 7.75. The van der Waals surface area contributed by atoms with Crippen molar-refractivity contribution in [2.45, 2.75) is 13.0 Å². The Balaban J connectivity index is 1.37. The van der Waals surface area contributed by atoms with E-state index in [1.165, 1.54) is 21.8 Å². The van der Waals surface area contributed by atoms with Gasteiger partial charge in [0.1, 0.15) is 16.7 Å². The molecule has 0 bridgehead atoms. The summed E-state index contributed by atoms with van der Waals surface area (Å²) in [7, 11) is 1.71. The molecule has 5 rings (SSSR count). The molecule has 33 heavy (non-hydrogen) atoms. The van der Waals surface area contributed by atoms with E-state index in [9.17, 15) is 14.4 Å². The number of ether oxygens (including phenoxy) is 1. The van der Waals surface area contributed by atoms with Crippen LogP contribution in [0.2, 0.25) is 0 Å². The molecule has 0 radical (unpaired) electrons. The number of morpholine rings is 1. The normalized spacial score (nSPS) is 14.2. The van der Waals surface area contributed by atoms with Crippen LogP contribution in [0.3, 0.4) is 0 Å². The maximum Gasteiger partial charge on any atom is 0.291 e. The highest BCUT2D eigenvalue weighted by Gasteiger charge is 2.27. The molecule has 170 valence electrons. The maximum atomic E-state index is 13.1. The Kier molecular flexibility index (Phi) is 5.38. The molecule has 1 N–H and O–H groups in total. The molecule has 1 saturated heterocycles. The van der Waals surface area contributed by atoms with E-state index in [1.807, 2.05) is 6.07 Å². The average Bonchev–Trinajstić information content (AvgIpc) is 3.40. The van der Waals surface area contributed by atoms with Crippen LogP contribution in [0.4, 0.5) is 5.69 Å². The molecule has 1 aromatic carbocycles. The molecule has 0 spiro atoms. The monoisotopic (exact) mass is 450 g/mol. The quantitative estimate of drug-likeness (QED) is 0.487. The van der Waals surface area contributed by atoms with Gasteiger partial charge in [0.05, 0.1) is 25.7 Å². The van der Waals surface area contributed by atoms with Crippen molar-refractivity contribution < 1.29 is 18.7 Å². The fraction of sp³-hybridized carbons (Fsp3) is 0.318. The van der Waals surface area contributed by atoms with E-state index in [-0.39, 0.29) is 36.1 Å². The smallest absolute Gasteiger partial charge is 0.291 e. The largest absolute Gasteiger partial charge is 0.449 e. The summed E-state index contributed by atoms with van der Waals surface area (Å²) in [5, 5.41) is 7.89. The van der Waals surface area contributed by atoms with Gasteiger partial charge < -0.3 is 19.4 Å². The Morgan fingerprint density at radius 3 is 2.76 bits per heavy atom. The number of hydrogen-bond acceptors (Lipinski definition) is 7. The SMILES string of the molecule is Cn1ncc2c(=O)n(CCC(=O)Nc3c(C(=O)N4CCOCC4)oc4ccccc34)cnc21. The van der Waals surface area contributed by atoms with Gasteiger partial charge in [0, 0.05) is 38.5 Å². The number of fused-ring (bicyclic) bond motifs is 2. The number of anilines is 1. The zero-order valence-corrected chi connectivity index (χ0v) is 18.0. The number of hydrogen-bond donors (Lipinski definition) is 1. The van der Waals surface area contributed by atoms with Gasteiger partial charge in [0.15, 0.2) is 5.65 Å². The third-order valence-electron chi connectivity index (χ3n) is 5.65. The van der Waals surface area contributed by atoms with Crippen molar-refractivity contribution in [1.29, 1.82) is 0 Å². The Bertz CT molecular complexity index is 1410. The Morgan fingerprint density at radius 1 is 1.15 bits per heavy atom. The maximum absolute atomic E-state index is 13.1. The van der Waals surface area contributed by atoms with Gasteiger partial charge in [0.25, 0.3) is 11.5 Å². The van der Waals surface area contributed by atoms with Crippen molar-refractivity contribution in [1.82, 2.24) is 24.2 Å². The van der Waals surface area contributed by atoms with E-state index in [0.29, 0.717) is 54.0 Å². The number of rotatable bonds is 5. The predicted molar refractivity (Wildman–Crippen MR) is 119 cm³/mol.